The fourth-order valence-electron chi connectivity index (χ4n) is 3.06. The lowest BCUT2D eigenvalue weighted by Crippen LogP contribution is -2.44. The van der Waals surface area contributed by atoms with E-state index in [9.17, 15) is 9.59 Å². The van der Waals surface area contributed by atoms with Crippen molar-refractivity contribution in [1.29, 1.82) is 0 Å². The maximum Gasteiger partial charge on any atom is 0.276 e. The molecule has 0 radical (unpaired) electrons. The van der Waals surface area contributed by atoms with Gasteiger partial charge in [0.2, 0.25) is 0 Å². The highest BCUT2D eigenvalue weighted by Crippen LogP contribution is 2.21. The Morgan fingerprint density at radius 2 is 1.93 bits per heavy atom. The molecule has 2 heterocycles. The molecule has 0 saturated carbocycles. The zero-order chi connectivity index (χ0) is 20.3. The summed E-state index contributed by atoms with van der Waals surface area (Å²) in [5, 5.41) is 4.98. The molecular formula is C20H23N5O3. The number of nitrogens with one attached hydrogen (secondary N) is 2. The van der Waals surface area contributed by atoms with Crippen molar-refractivity contribution >= 4 is 22.8 Å². The Morgan fingerprint density at radius 3 is 2.68 bits per heavy atom. The van der Waals surface area contributed by atoms with E-state index >= 15 is 0 Å². The Balaban J connectivity index is 1.66. The summed E-state index contributed by atoms with van der Waals surface area (Å²) in [5.41, 5.74) is 8.25. The molecule has 2 aromatic heterocycles. The largest absolute Gasteiger partial charge is 0.483 e. The zero-order valence-electron chi connectivity index (χ0n) is 16.4. The van der Waals surface area contributed by atoms with E-state index in [1.807, 2.05) is 38.1 Å². The number of carbonyl (C=O) groups excluding carboxylic acids is 2. The number of aryl methyl sites for hydroxylation is 4. The summed E-state index contributed by atoms with van der Waals surface area (Å²) in [6.07, 6.45) is 0.802. The monoisotopic (exact) mass is 381 g/mol. The highest BCUT2D eigenvalue weighted by atomic mass is 16.5. The Bertz CT molecular complexity index is 1040. The average molecular weight is 381 g/mol. The van der Waals surface area contributed by atoms with Crippen molar-refractivity contribution in [3.63, 3.8) is 0 Å². The molecule has 3 aromatic rings. The standard InChI is InChI=1S/C20H23N5O3/c1-5-14-8-6-7-9-16(14)28-11-17(26)22-23-20(27)15-10-12(2)21-19-18(15)13(3)24-25(19)4/h6-10H,5,11H2,1-4H3,(H,22,26)(H,23,27). The van der Waals surface area contributed by atoms with E-state index in [0.29, 0.717) is 33.7 Å². The number of hydrazine groups is 1. The highest BCUT2D eigenvalue weighted by molar-refractivity contribution is 6.06. The molecule has 0 spiro atoms. The molecule has 0 saturated heterocycles. The van der Waals surface area contributed by atoms with E-state index in [-0.39, 0.29) is 6.61 Å². The maximum absolute atomic E-state index is 12.6. The lowest BCUT2D eigenvalue weighted by atomic mass is 10.1. The van der Waals surface area contributed by atoms with Crippen LogP contribution in [0.5, 0.6) is 5.75 Å². The van der Waals surface area contributed by atoms with E-state index in [1.165, 1.54) is 0 Å². The predicted octanol–water partition coefficient (Wildman–Crippen LogP) is 1.99. The molecule has 1 aromatic carbocycles. The minimum absolute atomic E-state index is 0.200. The fourth-order valence-corrected chi connectivity index (χ4v) is 3.06. The van der Waals surface area contributed by atoms with Gasteiger partial charge in [0.25, 0.3) is 11.8 Å². The van der Waals surface area contributed by atoms with Gasteiger partial charge in [0.15, 0.2) is 12.3 Å². The lowest BCUT2D eigenvalue weighted by Gasteiger charge is -2.11. The van der Waals surface area contributed by atoms with Gasteiger partial charge >= 0.3 is 0 Å². The first-order chi connectivity index (χ1) is 13.4. The summed E-state index contributed by atoms with van der Waals surface area (Å²) in [6.45, 7) is 5.43. The Morgan fingerprint density at radius 1 is 1.18 bits per heavy atom. The molecule has 0 fully saturated rings. The minimum Gasteiger partial charge on any atom is -0.483 e. The van der Waals surface area contributed by atoms with Crippen LogP contribution in [-0.2, 0) is 18.3 Å². The molecule has 0 bridgehead atoms. The first kappa shape index (κ1) is 19.3. The maximum atomic E-state index is 12.6. The van der Waals surface area contributed by atoms with Crippen LogP contribution in [0.15, 0.2) is 30.3 Å². The molecule has 2 amide bonds. The van der Waals surface area contributed by atoms with Crippen LogP contribution in [0.25, 0.3) is 11.0 Å². The van der Waals surface area contributed by atoms with Gasteiger partial charge in [-0.15, -0.1) is 0 Å². The number of aromatic nitrogens is 3. The molecular weight excluding hydrogens is 358 g/mol. The fraction of sp³-hybridized carbons (Fsp3) is 0.300. The Kier molecular flexibility index (Phi) is 5.58. The van der Waals surface area contributed by atoms with Gasteiger partial charge in [0.1, 0.15) is 5.75 Å². The van der Waals surface area contributed by atoms with E-state index in [4.69, 9.17) is 4.74 Å². The number of carbonyl (C=O) groups is 2. The van der Waals surface area contributed by atoms with Crippen LogP contribution in [0, 0.1) is 13.8 Å². The first-order valence-electron chi connectivity index (χ1n) is 9.01. The summed E-state index contributed by atoms with van der Waals surface area (Å²) in [7, 11) is 1.77. The average Bonchev–Trinajstić information content (AvgIpc) is 2.97. The molecule has 8 heteroatoms. The van der Waals surface area contributed by atoms with Crippen molar-refractivity contribution in [2.75, 3.05) is 6.61 Å². The molecule has 2 N–H and O–H groups in total. The topological polar surface area (TPSA) is 98.1 Å². The summed E-state index contributed by atoms with van der Waals surface area (Å²) >= 11 is 0. The molecule has 0 aliphatic carbocycles. The molecule has 0 aliphatic heterocycles. The van der Waals surface area contributed by atoms with Crippen molar-refractivity contribution in [1.82, 2.24) is 25.6 Å². The Labute approximate surface area is 162 Å². The second-order valence-electron chi connectivity index (χ2n) is 6.47. The lowest BCUT2D eigenvalue weighted by molar-refractivity contribution is -0.123. The molecule has 8 nitrogen and oxygen atoms in total. The molecule has 28 heavy (non-hydrogen) atoms. The van der Waals surface area contributed by atoms with Crippen LogP contribution < -0.4 is 15.6 Å². The smallest absolute Gasteiger partial charge is 0.276 e. The summed E-state index contributed by atoms with van der Waals surface area (Å²) in [5.74, 6) is -0.234. The summed E-state index contributed by atoms with van der Waals surface area (Å²) < 4.78 is 7.18. The number of hydrogen-bond donors (Lipinski definition) is 2. The zero-order valence-corrected chi connectivity index (χ0v) is 16.4. The van der Waals surface area contributed by atoms with Crippen molar-refractivity contribution < 1.29 is 14.3 Å². The van der Waals surface area contributed by atoms with Crippen LogP contribution in [-0.4, -0.2) is 33.2 Å². The quantitative estimate of drug-likeness (QED) is 0.659. The van der Waals surface area contributed by atoms with Crippen molar-refractivity contribution in [2.24, 2.45) is 7.05 Å². The summed E-state index contributed by atoms with van der Waals surface area (Å²) in [4.78, 5) is 29.1. The highest BCUT2D eigenvalue weighted by Gasteiger charge is 2.18. The number of amides is 2. The molecule has 0 unspecified atom stereocenters. The number of pyridine rings is 1. The van der Waals surface area contributed by atoms with Crippen LogP contribution in [0.3, 0.4) is 0 Å². The number of nitrogens with zero attached hydrogens (tertiary/aromatic N) is 3. The predicted molar refractivity (Wildman–Crippen MR) is 105 cm³/mol. The van der Waals surface area contributed by atoms with Gasteiger partial charge in [-0.3, -0.25) is 25.1 Å². The van der Waals surface area contributed by atoms with Crippen molar-refractivity contribution in [3.05, 3.63) is 52.8 Å². The van der Waals surface area contributed by atoms with Gasteiger partial charge in [0.05, 0.1) is 16.6 Å². The van der Waals surface area contributed by atoms with Gasteiger partial charge in [-0.05, 0) is 38.0 Å². The van der Waals surface area contributed by atoms with Crippen LogP contribution >= 0.6 is 0 Å². The minimum atomic E-state index is -0.454. The van der Waals surface area contributed by atoms with Crippen LogP contribution in [0.2, 0.25) is 0 Å². The van der Waals surface area contributed by atoms with E-state index in [1.54, 1.807) is 24.7 Å². The SMILES string of the molecule is CCc1ccccc1OCC(=O)NNC(=O)c1cc(C)nc2c1c(C)nn2C. The second kappa shape index (κ2) is 8.08. The van der Waals surface area contributed by atoms with Gasteiger partial charge in [0, 0.05) is 12.7 Å². The van der Waals surface area contributed by atoms with Crippen molar-refractivity contribution in [3.8, 4) is 5.75 Å². The number of ether oxygens (including phenoxy) is 1. The first-order valence-corrected chi connectivity index (χ1v) is 9.01. The molecule has 0 atom stereocenters. The van der Waals surface area contributed by atoms with Gasteiger partial charge < -0.3 is 4.74 Å². The third kappa shape index (κ3) is 3.95. The van der Waals surface area contributed by atoms with E-state index in [2.05, 4.69) is 20.9 Å². The molecule has 3 rings (SSSR count). The number of para-hydroxylation sites is 1. The molecule has 0 aliphatic rings. The van der Waals surface area contributed by atoms with Crippen molar-refractivity contribution in [2.45, 2.75) is 27.2 Å². The third-order valence-corrected chi connectivity index (χ3v) is 4.37. The Hall–Kier alpha value is -3.42. The third-order valence-electron chi connectivity index (χ3n) is 4.37. The van der Waals surface area contributed by atoms with Gasteiger partial charge in [-0.1, -0.05) is 25.1 Å². The van der Waals surface area contributed by atoms with E-state index < -0.39 is 11.8 Å². The van der Waals surface area contributed by atoms with Crippen LogP contribution in [0.1, 0.15) is 34.2 Å². The van der Waals surface area contributed by atoms with Crippen LogP contribution in [0.4, 0.5) is 0 Å². The number of hydrogen-bond acceptors (Lipinski definition) is 5. The van der Waals surface area contributed by atoms with Gasteiger partial charge in [-0.25, -0.2) is 4.98 Å². The van der Waals surface area contributed by atoms with E-state index in [0.717, 1.165) is 12.0 Å². The van der Waals surface area contributed by atoms with Gasteiger partial charge in [-0.2, -0.15) is 5.10 Å². The summed E-state index contributed by atoms with van der Waals surface area (Å²) in [6, 6.07) is 9.20. The number of rotatable bonds is 5. The normalized spacial score (nSPS) is 10.7. The second-order valence-corrected chi connectivity index (χ2v) is 6.47. The molecule has 146 valence electrons. The number of benzene rings is 1. The number of fused-ring (bicyclic) bond motifs is 1.